The summed E-state index contributed by atoms with van der Waals surface area (Å²) < 4.78 is 17.1. The maximum absolute atomic E-state index is 12.4. The standard InChI is InChI=1S/C24H23BrN2O5S/c1-4-31-23(29)22-15(2)26-24(33-22)27-20(28)11-10-17-12-18(25)21(19(13-17)30-3)32-14-16-8-6-5-7-9-16/h5-13H,4,14H2,1-3H3,(H,26,27,28). The molecule has 7 nitrogen and oxygen atoms in total. The van der Waals surface area contributed by atoms with Gasteiger partial charge in [0, 0.05) is 6.08 Å². The second-order valence-corrected chi connectivity index (χ2v) is 8.64. The topological polar surface area (TPSA) is 86.8 Å². The van der Waals surface area contributed by atoms with Crippen LogP contribution in [0.15, 0.2) is 53.0 Å². The minimum absolute atomic E-state index is 0.274. The van der Waals surface area contributed by atoms with Crippen LogP contribution in [0.4, 0.5) is 5.13 Å². The van der Waals surface area contributed by atoms with Gasteiger partial charge in [-0.2, -0.15) is 0 Å². The summed E-state index contributed by atoms with van der Waals surface area (Å²) in [6.45, 7) is 4.10. The molecule has 0 bridgehead atoms. The molecule has 0 aliphatic rings. The number of anilines is 1. The molecule has 0 aliphatic carbocycles. The van der Waals surface area contributed by atoms with Gasteiger partial charge in [0.15, 0.2) is 16.6 Å². The van der Waals surface area contributed by atoms with E-state index in [4.69, 9.17) is 14.2 Å². The van der Waals surface area contributed by atoms with E-state index in [-0.39, 0.29) is 12.5 Å². The van der Waals surface area contributed by atoms with Gasteiger partial charge in [0.1, 0.15) is 11.5 Å². The highest BCUT2D eigenvalue weighted by Gasteiger charge is 2.17. The number of aromatic nitrogens is 1. The second kappa shape index (κ2) is 11.6. The predicted molar refractivity (Wildman–Crippen MR) is 132 cm³/mol. The molecular weight excluding hydrogens is 508 g/mol. The number of benzene rings is 2. The number of nitrogens with one attached hydrogen (secondary N) is 1. The minimum Gasteiger partial charge on any atom is -0.493 e. The number of methoxy groups -OCH3 is 1. The first-order valence-corrected chi connectivity index (χ1v) is 11.7. The molecule has 0 spiro atoms. The Morgan fingerprint density at radius 1 is 1.21 bits per heavy atom. The number of ether oxygens (including phenoxy) is 3. The van der Waals surface area contributed by atoms with Gasteiger partial charge in [0.2, 0.25) is 5.91 Å². The lowest BCUT2D eigenvalue weighted by Gasteiger charge is -2.13. The Balaban J connectivity index is 1.68. The van der Waals surface area contributed by atoms with Crippen molar-refractivity contribution in [2.24, 2.45) is 0 Å². The first-order valence-electron chi connectivity index (χ1n) is 10.1. The van der Waals surface area contributed by atoms with Gasteiger partial charge >= 0.3 is 5.97 Å². The third-order valence-corrected chi connectivity index (χ3v) is 6.03. The van der Waals surface area contributed by atoms with E-state index in [9.17, 15) is 9.59 Å². The Labute approximate surface area is 204 Å². The molecule has 3 aromatic rings. The third-order valence-electron chi connectivity index (χ3n) is 4.39. The van der Waals surface area contributed by atoms with Gasteiger partial charge < -0.3 is 14.2 Å². The lowest BCUT2D eigenvalue weighted by Crippen LogP contribution is -2.07. The third kappa shape index (κ3) is 6.66. The summed E-state index contributed by atoms with van der Waals surface area (Å²) in [5.41, 5.74) is 2.29. The Morgan fingerprint density at radius 2 is 1.97 bits per heavy atom. The van der Waals surface area contributed by atoms with Gasteiger partial charge in [-0.25, -0.2) is 9.78 Å². The van der Waals surface area contributed by atoms with Crippen LogP contribution in [0.1, 0.15) is 33.4 Å². The summed E-state index contributed by atoms with van der Waals surface area (Å²) in [6.07, 6.45) is 3.03. The Kier molecular flexibility index (Phi) is 8.62. The largest absolute Gasteiger partial charge is 0.493 e. The van der Waals surface area contributed by atoms with E-state index in [1.165, 1.54) is 6.08 Å². The summed E-state index contributed by atoms with van der Waals surface area (Å²) >= 11 is 4.59. The maximum atomic E-state index is 12.4. The zero-order chi connectivity index (χ0) is 23.8. The van der Waals surface area contributed by atoms with Crippen LogP contribution in [0, 0.1) is 6.92 Å². The number of esters is 1. The fourth-order valence-corrected chi connectivity index (χ4v) is 4.30. The quantitative estimate of drug-likeness (QED) is 0.285. The number of rotatable bonds is 9. The first-order chi connectivity index (χ1) is 15.9. The average Bonchev–Trinajstić information content (AvgIpc) is 3.17. The molecule has 1 aromatic heterocycles. The molecule has 172 valence electrons. The number of halogens is 1. The molecule has 0 radical (unpaired) electrons. The Hall–Kier alpha value is -3.17. The zero-order valence-electron chi connectivity index (χ0n) is 18.4. The lowest BCUT2D eigenvalue weighted by atomic mass is 10.2. The smallest absolute Gasteiger partial charge is 0.350 e. The molecule has 1 N–H and O–H groups in total. The Bertz CT molecular complexity index is 1160. The number of carbonyl (C=O) groups excluding carboxylic acids is 2. The van der Waals surface area contributed by atoms with Crippen LogP contribution in [-0.2, 0) is 16.1 Å². The molecule has 3 rings (SSSR count). The van der Waals surface area contributed by atoms with E-state index in [1.54, 1.807) is 33.1 Å². The SMILES string of the molecule is CCOC(=O)c1sc(NC(=O)C=Cc2cc(Br)c(OCc3ccccc3)c(OC)c2)nc1C. The fraction of sp³-hybridized carbons (Fsp3) is 0.208. The van der Waals surface area contributed by atoms with Gasteiger partial charge in [-0.3, -0.25) is 10.1 Å². The molecule has 0 unspecified atom stereocenters. The molecule has 1 amide bonds. The zero-order valence-corrected chi connectivity index (χ0v) is 20.8. The molecule has 0 aliphatic heterocycles. The van der Waals surface area contributed by atoms with E-state index < -0.39 is 5.97 Å². The molecule has 1 heterocycles. The molecule has 33 heavy (non-hydrogen) atoms. The monoisotopic (exact) mass is 530 g/mol. The van der Waals surface area contributed by atoms with Crippen molar-refractivity contribution in [3.63, 3.8) is 0 Å². The normalized spacial score (nSPS) is 10.8. The van der Waals surface area contributed by atoms with Crippen LogP contribution in [-0.4, -0.2) is 30.6 Å². The van der Waals surface area contributed by atoms with Crippen molar-refractivity contribution in [1.29, 1.82) is 0 Å². The summed E-state index contributed by atoms with van der Waals surface area (Å²) in [7, 11) is 1.56. The molecular formula is C24H23BrN2O5S. The van der Waals surface area contributed by atoms with Crippen LogP contribution in [0.5, 0.6) is 11.5 Å². The number of thiazole rings is 1. The van der Waals surface area contributed by atoms with E-state index in [0.717, 1.165) is 22.5 Å². The number of nitrogens with zero attached hydrogens (tertiary/aromatic N) is 1. The van der Waals surface area contributed by atoms with Gasteiger partial charge in [0.05, 0.1) is 23.9 Å². The van der Waals surface area contributed by atoms with E-state index in [0.29, 0.717) is 38.3 Å². The fourth-order valence-electron chi connectivity index (χ4n) is 2.86. The van der Waals surface area contributed by atoms with Crippen LogP contribution >= 0.6 is 27.3 Å². The summed E-state index contributed by atoms with van der Waals surface area (Å²) in [4.78, 5) is 28.9. The van der Waals surface area contributed by atoms with Crippen molar-refractivity contribution in [2.75, 3.05) is 19.0 Å². The molecule has 0 saturated heterocycles. The number of carbonyl (C=O) groups is 2. The van der Waals surface area contributed by atoms with Crippen molar-refractivity contribution < 1.29 is 23.8 Å². The number of hydrogen-bond donors (Lipinski definition) is 1. The van der Waals surface area contributed by atoms with E-state index in [1.807, 2.05) is 36.4 Å². The molecule has 9 heteroatoms. The highest BCUT2D eigenvalue weighted by Crippen LogP contribution is 2.37. The van der Waals surface area contributed by atoms with E-state index >= 15 is 0 Å². The lowest BCUT2D eigenvalue weighted by molar-refractivity contribution is -0.111. The van der Waals surface area contributed by atoms with Crippen molar-refractivity contribution in [3.05, 3.63) is 74.7 Å². The number of aryl methyl sites for hydroxylation is 1. The highest BCUT2D eigenvalue weighted by atomic mass is 79.9. The first kappa shape index (κ1) is 24.5. The predicted octanol–water partition coefficient (Wildman–Crippen LogP) is 5.63. The van der Waals surface area contributed by atoms with Crippen molar-refractivity contribution in [2.45, 2.75) is 20.5 Å². The van der Waals surface area contributed by atoms with Gasteiger partial charge in [-0.15, -0.1) is 0 Å². The summed E-state index contributed by atoms with van der Waals surface area (Å²) in [6, 6.07) is 13.4. The van der Waals surface area contributed by atoms with Crippen LogP contribution in [0.3, 0.4) is 0 Å². The minimum atomic E-state index is -0.449. The van der Waals surface area contributed by atoms with E-state index in [2.05, 4.69) is 26.2 Å². The van der Waals surface area contributed by atoms with Gasteiger partial charge in [0.25, 0.3) is 0 Å². The van der Waals surface area contributed by atoms with Crippen molar-refractivity contribution in [3.8, 4) is 11.5 Å². The van der Waals surface area contributed by atoms with Crippen LogP contribution in [0.25, 0.3) is 6.08 Å². The van der Waals surface area contributed by atoms with Crippen molar-refractivity contribution >= 4 is 50.4 Å². The van der Waals surface area contributed by atoms with Crippen LogP contribution < -0.4 is 14.8 Å². The van der Waals surface area contributed by atoms with Gasteiger partial charge in [-0.05, 0) is 59.1 Å². The Morgan fingerprint density at radius 3 is 2.67 bits per heavy atom. The number of hydrogen-bond acceptors (Lipinski definition) is 7. The van der Waals surface area contributed by atoms with Crippen LogP contribution in [0.2, 0.25) is 0 Å². The number of amides is 1. The second-order valence-electron chi connectivity index (χ2n) is 6.78. The van der Waals surface area contributed by atoms with Gasteiger partial charge in [-0.1, -0.05) is 41.7 Å². The summed E-state index contributed by atoms with van der Waals surface area (Å²) in [5.74, 6) is 0.288. The van der Waals surface area contributed by atoms with Crippen molar-refractivity contribution in [1.82, 2.24) is 4.98 Å². The highest BCUT2D eigenvalue weighted by molar-refractivity contribution is 9.10. The molecule has 0 atom stereocenters. The molecule has 0 saturated carbocycles. The molecule has 2 aromatic carbocycles. The maximum Gasteiger partial charge on any atom is 0.350 e. The summed E-state index contributed by atoms with van der Waals surface area (Å²) in [5, 5.41) is 3.00. The average molecular weight is 531 g/mol. The molecule has 0 fully saturated rings.